The van der Waals surface area contributed by atoms with Crippen LogP contribution in [0.25, 0.3) is 0 Å². The number of nitrogens with zero attached hydrogens (tertiary/aromatic N) is 3. The maximum absolute atomic E-state index is 8.97. The van der Waals surface area contributed by atoms with Crippen molar-refractivity contribution in [2.75, 3.05) is 13.2 Å². The van der Waals surface area contributed by atoms with Gasteiger partial charge in [-0.15, -0.1) is 0 Å². The Morgan fingerprint density at radius 2 is 2.29 bits per heavy atom. The summed E-state index contributed by atoms with van der Waals surface area (Å²) in [6.07, 6.45) is 2.38. The molecule has 0 saturated heterocycles. The van der Waals surface area contributed by atoms with Crippen LogP contribution in [0.1, 0.15) is 31.5 Å². The predicted molar refractivity (Wildman–Crippen MR) is 66.2 cm³/mol. The van der Waals surface area contributed by atoms with Crippen LogP contribution in [0.5, 0.6) is 0 Å². The topological polar surface area (TPSA) is 60.1 Å². The van der Waals surface area contributed by atoms with Crippen molar-refractivity contribution >= 4 is 0 Å². The first-order valence-corrected chi connectivity index (χ1v) is 5.88. The summed E-state index contributed by atoms with van der Waals surface area (Å²) < 4.78 is 0. The summed E-state index contributed by atoms with van der Waals surface area (Å²) in [4.78, 5) is 6.28. The van der Waals surface area contributed by atoms with Crippen molar-refractivity contribution in [1.82, 2.24) is 9.88 Å². The molecule has 4 heteroatoms. The molecule has 4 nitrogen and oxygen atoms in total. The summed E-state index contributed by atoms with van der Waals surface area (Å²) >= 11 is 0. The van der Waals surface area contributed by atoms with Crippen LogP contribution < -0.4 is 0 Å². The van der Waals surface area contributed by atoms with Gasteiger partial charge in [-0.2, -0.15) is 5.26 Å². The zero-order valence-corrected chi connectivity index (χ0v) is 10.4. The highest BCUT2D eigenvalue weighted by atomic mass is 16.3. The summed E-state index contributed by atoms with van der Waals surface area (Å²) in [6, 6.07) is 6.27. The van der Waals surface area contributed by atoms with Gasteiger partial charge in [0.05, 0.1) is 0 Å². The predicted octanol–water partition coefficient (Wildman–Crippen LogP) is 1.55. The van der Waals surface area contributed by atoms with E-state index < -0.39 is 0 Å². The number of pyridine rings is 1. The number of aliphatic hydroxyl groups is 1. The van der Waals surface area contributed by atoms with Gasteiger partial charge in [0.25, 0.3) is 0 Å². The molecule has 1 N–H and O–H groups in total. The van der Waals surface area contributed by atoms with E-state index in [4.69, 9.17) is 10.4 Å². The summed E-state index contributed by atoms with van der Waals surface area (Å²) in [6.45, 7) is 5.95. The second-order valence-electron chi connectivity index (χ2n) is 4.26. The van der Waals surface area contributed by atoms with Crippen LogP contribution in [-0.4, -0.2) is 34.2 Å². The molecule has 0 amide bonds. The normalized spacial score (nSPS) is 10.8. The average molecular weight is 233 g/mol. The van der Waals surface area contributed by atoms with E-state index in [0.717, 1.165) is 18.5 Å². The van der Waals surface area contributed by atoms with Crippen molar-refractivity contribution in [2.24, 2.45) is 0 Å². The lowest BCUT2D eigenvalue weighted by molar-refractivity contribution is 0.184. The highest BCUT2D eigenvalue weighted by Crippen LogP contribution is 2.11. The van der Waals surface area contributed by atoms with E-state index in [9.17, 15) is 0 Å². The molecular weight excluding hydrogens is 214 g/mol. The number of hydrogen-bond acceptors (Lipinski definition) is 4. The van der Waals surface area contributed by atoms with Crippen LogP contribution in [0.4, 0.5) is 0 Å². The van der Waals surface area contributed by atoms with E-state index in [1.807, 2.05) is 12.1 Å². The monoisotopic (exact) mass is 233 g/mol. The first-order valence-electron chi connectivity index (χ1n) is 5.88. The van der Waals surface area contributed by atoms with Crippen molar-refractivity contribution in [3.63, 3.8) is 0 Å². The Labute approximate surface area is 103 Å². The Morgan fingerprint density at radius 1 is 1.53 bits per heavy atom. The fourth-order valence-corrected chi connectivity index (χ4v) is 1.68. The van der Waals surface area contributed by atoms with E-state index in [1.165, 1.54) is 0 Å². The maximum Gasteiger partial charge on any atom is 0.144 e. The zero-order chi connectivity index (χ0) is 12.7. The number of aromatic nitrogens is 1. The van der Waals surface area contributed by atoms with Crippen LogP contribution in [0, 0.1) is 11.3 Å². The van der Waals surface area contributed by atoms with E-state index in [-0.39, 0.29) is 6.61 Å². The maximum atomic E-state index is 8.97. The quantitative estimate of drug-likeness (QED) is 0.809. The lowest BCUT2D eigenvalue weighted by Gasteiger charge is -2.26. The first-order chi connectivity index (χ1) is 8.19. The second-order valence-corrected chi connectivity index (χ2v) is 4.26. The molecule has 92 valence electrons. The van der Waals surface area contributed by atoms with Crippen molar-refractivity contribution in [1.29, 1.82) is 5.26 Å². The van der Waals surface area contributed by atoms with Crippen LogP contribution in [0.3, 0.4) is 0 Å². The Bertz CT molecular complexity index is 384. The molecule has 0 fully saturated rings. The second kappa shape index (κ2) is 7.00. The van der Waals surface area contributed by atoms with Gasteiger partial charge in [0, 0.05) is 37.5 Å². The van der Waals surface area contributed by atoms with Crippen LogP contribution >= 0.6 is 0 Å². The van der Waals surface area contributed by atoms with Gasteiger partial charge in [0.2, 0.25) is 0 Å². The molecule has 0 unspecified atom stereocenters. The molecule has 0 atom stereocenters. The minimum atomic E-state index is 0.196. The summed E-state index contributed by atoms with van der Waals surface area (Å²) in [5, 5.41) is 17.8. The van der Waals surface area contributed by atoms with Crippen molar-refractivity contribution in [3.8, 4) is 6.07 Å². The SMILES string of the molecule is CC(C)N(CCCO)Cc1cccnc1C#N. The van der Waals surface area contributed by atoms with Gasteiger partial charge in [0.15, 0.2) is 0 Å². The minimum absolute atomic E-state index is 0.196. The fourth-order valence-electron chi connectivity index (χ4n) is 1.68. The first kappa shape index (κ1) is 13.6. The van der Waals surface area contributed by atoms with Gasteiger partial charge in [-0.25, -0.2) is 4.98 Å². The highest BCUT2D eigenvalue weighted by molar-refractivity contribution is 5.30. The standard InChI is InChI=1S/C13H19N3O/c1-11(2)16(7-4-8-17)10-12-5-3-6-15-13(12)9-14/h3,5-6,11,17H,4,7-8,10H2,1-2H3. The molecule has 1 aromatic heterocycles. The third-order valence-electron chi connectivity index (χ3n) is 2.70. The Balaban J connectivity index is 2.75. The van der Waals surface area contributed by atoms with E-state index in [2.05, 4.69) is 29.8 Å². The largest absolute Gasteiger partial charge is 0.396 e. The molecule has 0 bridgehead atoms. The molecule has 0 radical (unpaired) electrons. The number of aliphatic hydroxyl groups excluding tert-OH is 1. The molecule has 0 aliphatic rings. The van der Waals surface area contributed by atoms with Crippen LogP contribution in [0.2, 0.25) is 0 Å². The molecule has 0 spiro atoms. The lowest BCUT2D eigenvalue weighted by atomic mass is 10.1. The van der Waals surface area contributed by atoms with Crippen LogP contribution in [-0.2, 0) is 6.54 Å². The van der Waals surface area contributed by atoms with E-state index in [1.54, 1.807) is 6.20 Å². The fraction of sp³-hybridized carbons (Fsp3) is 0.538. The Hall–Kier alpha value is -1.44. The smallest absolute Gasteiger partial charge is 0.144 e. The molecule has 0 aromatic carbocycles. The van der Waals surface area contributed by atoms with Gasteiger partial charge < -0.3 is 5.11 Å². The third kappa shape index (κ3) is 4.14. The minimum Gasteiger partial charge on any atom is -0.396 e. The van der Waals surface area contributed by atoms with Gasteiger partial charge in [-0.3, -0.25) is 4.90 Å². The zero-order valence-electron chi connectivity index (χ0n) is 10.4. The number of nitriles is 1. The van der Waals surface area contributed by atoms with Crippen molar-refractivity contribution in [2.45, 2.75) is 32.9 Å². The lowest BCUT2D eigenvalue weighted by Crippen LogP contribution is -2.32. The van der Waals surface area contributed by atoms with Gasteiger partial charge in [-0.05, 0) is 26.3 Å². The summed E-state index contributed by atoms with van der Waals surface area (Å²) in [5.41, 5.74) is 1.43. The molecular formula is C13H19N3O. The summed E-state index contributed by atoms with van der Waals surface area (Å²) in [7, 11) is 0. The molecule has 0 aliphatic carbocycles. The molecule has 0 saturated carbocycles. The van der Waals surface area contributed by atoms with E-state index in [0.29, 0.717) is 18.3 Å². The van der Waals surface area contributed by atoms with Gasteiger partial charge in [-0.1, -0.05) is 6.07 Å². The number of rotatable bonds is 6. The summed E-state index contributed by atoms with van der Waals surface area (Å²) in [5.74, 6) is 0. The van der Waals surface area contributed by atoms with Crippen molar-refractivity contribution in [3.05, 3.63) is 29.6 Å². The van der Waals surface area contributed by atoms with Gasteiger partial charge in [0.1, 0.15) is 11.8 Å². The third-order valence-corrected chi connectivity index (χ3v) is 2.70. The molecule has 1 aromatic rings. The number of hydrogen-bond donors (Lipinski definition) is 1. The van der Waals surface area contributed by atoms with Crippen molar-refractivity contribution < 1.29 is 5.11 Å². The van der Waals surface area contributed by atoms with Crippen LogP contribution in [0.15, 0.2) is 18.3 Å². The molecule has 0 aliphatic heterocycles. The van der Waals surface area contributed by atoms with Gasteiger partial charge >= 0.3 is 0 Å². The molecule has 1 heterocycles. The molecule has 1 rings (SSSR count). The highest BCUT2D eigenvalue weighted by Gasteiger charge is 2.12. The van der Waals surface area contributed by atoms with E-state index >= 15 is 0 Å². The Morgan fingerprint density at radius 3 is 2.88 bits per heavy atom. The average Bonchev–Trinajstić information content (AvgIpc) is 2.34. The molecule has 17 heavy (non-hydrogen) atoms. The Kier molecular flexibility index (Phi) is 5.61.